The number of hydrogen-bond acceptors (Lipinski definition) is 0. The van der Waals surface area contributed by atoms with E-state index in [9.17, 15) is 0 Å². The molecule has 0 aliphatic rings. The highest BCUT2D eigenvalue weighted by atomic mass is 13.8. The van der Waals surface area contributed by atoms with E-state index in [-0.39, 0.29) is 0 Å². The van der Waals surface area contributed by atoms with Crippen molar-refractivity contribution in [1.29, 1.82) is 0 Å². The number of rotatable bonds is 2. The van der Waals surface area contributed by atoms with Crippen molar-refractivity contribution in [2.75, 3.05) is 0 Å². The Morgan fingerprint density at radius 3 is 2.43 bits per heavy atom. The molecule has 40 valence electrons. The molecule has 0 atom stereocenters. The Hall–Kier alpha value is -0.260. The summed E-state index contributed by atoms with van der Waals surface area (Å²) < 4.78 is 0. The molecule has 0 heteroatoms. The first-order chi connectivity index (χ1) is 3.31. The molecule has 0 aromatic carbocycles. The van der Waals surface area contributed by atoms with Gasteiger partial charge in [-0.15, -0.1) is 0 Å². The van der Waals surface area contributed by atoms with E-state index < -0.39 is 0 Å². The summed E-state index contributed by atoms with van der Waals surface area (Å²) in [4.78, 5) is 0. The molecule has 0 fully saturated rings. The molecule has 0 saturated heterocycles. The highest BCUT2D eigenvalue weighted by Gasteiger charge is 1.77. The second-order valence-electron chi connectivity index (χ2n) is 1.50. The number of allylic oxidation sites excluding steroid dienone is 2. The molecule has 0 unspecified atom stereocenters. The van der Waals surface area contributed by atoms with Crippen LogP contribution >= 0.6 is 0 Å². The third kappa shape index (κ3) is 3.57. The molecule has 0 spiro atoms. The van der Waals surface area contributed by atoms with Crippen molar-refractivity contribution in [1.82, 2.24) is 0 Å². The van der Waals surface area contributed by atoms with Gasteiger partial charge in [0.1, 0.15) is 0 Å². The largest absolute Gasteiger partial charge is 0.0853 e. The Bertz CT molecular complexity index is 60.4. The van der Waals surface area contributed by atoms with Crippen LogP contribution in [-0.2, 0) is 0 Å². The molecular formula is C7H12. The van der Waals surface area contributed by atoms with E-state index in [1.807, 2.05) is 6.08 Å². The predicted octanol–water partition coefficient (Wildman–Crippen LogP) is 2.38. The molecule has 0 aliphatic heterocycles. The van der Waals surface area contributed by atoms with Crippen molar-refractivity contribution in [2.24, 2.45) is 0 Å². The van der Waals surface area contributed by atoms with Gasteiger partial charge in [0.2, 0.25) is 0 Å². The van der Waals surface area contributed by atoms with Crippen LogP contribution in [-0.4, -0.2) is 0 Å². The standard InChI is InChI=1S/C7H12/c1-4-6-7(3)5-2/h6H,1,3-5H2,2H3. The lowest BCUT2D eigenvalue weighted by Crippen LogP contribution is -1.68. The van der Waals surface area contributed by atoms with Gasteiger partial charge in [0.25, 0.3) is 0 Å². The van der Waals surface area contributed by atoms with Crippen LogP contribution in [0.25, 0.3) is 0 Å². The Kier molecular flexibility index (Phi) is 3.77. The maximum atomic E-state index is 3.77. The van der Waals surface area contributed by atoms with Crippen molar-refractivity contribution < 1.29 is 0 Å². The van der Waals surface area contributed by atoms with Gasteiger partial charge in [-0.05, 0) is 26.7 Å². The van der Waals surface area contributed by atoms with Gasteiger partial charge in [0.05, 0.1) is 0 Å². The van der Waals surface area contributed by atoms with Crippen molar-refractivity contribution in [3.63, 3.8) is 0 Å². The van der Waals surface area contributed by atoms with E-state index in [0.717, 1.165) is 12.8 Å². The van der Waals surface area contributed by atoms with Gasteiger partial charge in [-0.1, -0.05) is 18.6 Å². The first kappa shape index (κ1) is 6.74. The zero-order valence-electron chi connectivity index (χ0n) is 4.91. The summed E-state index contributed by atoms with van der Waals surface area (Å²) in [6, 6.07) is 0. The third-order valence-electron chi connectivity index (χ3n) is 0.887. The van der Waals surface area contributed by atoms with Crippen LogP contribution in [0.4, 0.5) is 0 Å². The molecule has 0 amide bonds. The molecule has 0 saturated carbocycles. The van der Waals surface area contributed by atoms with Crippen molar-refractivity contribution >= 4 is 0 Å². The van der Waals surface area contributed by atoms with Crippen LogP contribution in [0.2, 0.25) is 0 Å². The second-order valence-corrected chi connectivity index (χ2v) is 1.50. The van der Waals surface area contributed by atoms with Gasteiger partial charge in [0, 0.05) is 0 Å². The summed E-state index contributed by atoms with van der Waals surface area (Å²) in [6.45, 7) is 9.52. The van der Waals surface area contributed by atoms with E-state index in [1.54, 1.807) is 0 Å². The maximum Gasteiger partial charge on any atom is -0.0283 e. The lowest BCUT2D eigenvalue weighted by atomic mass is 10.2. The van der Waals surface area contributed by atoms with Gasteiger partial charge in [0.15, 0.2) is 0 Å². The van der Waals surface area contributed by atoms with Crippen LogP contribution < -0.4 is 0 Å². The van der Waals surface area contributed by atoms with Gasteiger partial charge < -0.3 is 0 Å². The first-order valence-corrected chi connectivity index (χ1v) is 2.61. The molecule has 0 rings (SSSR count). The monoisotopic (exact) mass is 96.1 g/mol. The molecule has 0 aromatic heterocycles. The Labute approximate surface area is 46.2 Å². The van der Waals surface area contributed by atoms with Gasteiger partial charge in [-0.3, -0.25) is 0 Å². The fraction of sp³-hybridized carbons (Fsp3) is 0.429. The Balaban J connectivity index is 3.29. The lowest BCUT2D eigenvalue weighted by Gasteiger charge is -1.88. The molecule has 7 heavy (non-hydrogen) atoms. The average molecular weight is 96.2 g/mol. The SMILES string of the molecule is [CH2]CC=C([CH2])CC. The average Bonchev–Trinajstić information content (AvgIpc) is 1.68. The highest BCUT2D eigenvalue weighted by molar-refractivity contribution is 5.04. The van der Waals surface area contributed by atoms with Gasteiger partial charge in [-0.2, -0.15) is 0 Å². The van der Waals surface area contributed by atoms with Gasteiger partial charge >= 0.3 is 0 Å². The van der Waals surface area contributed by atoms with E-state index in [2.05, 4.69) is 20.8 Å². The van der Waals surface area contributed by atoms with Crippen molar-refractivity contribution in [3.8, 4) is 0 Å². The minimum Gasteiger partial charge on any atom is -0.0853 e. The normalized spacial score (nSPS) is 12.1. The highest BCUT2D eigenvalue weighted by Crippen LogP contribution is 1.96. The maximum absolute atomic E-state index is 3.77. The summed E-state index contributed by atoms with van der Waals surface area (Å²) in [5.41, 5.74) is 1.19. The van der Waals surface area contributed by atoms with Crippen LogP contribution in [0.15, 0.2) is 11.6 Å². The minimum atomic E-state index is 0.868. The molecule has 0 N–H and O–H groups in total. The lowest BCUT2D eigenvalue weighted by molar-refractivity contribution is 1.12. The predicted molar refractivity (Wildman–Crippen MR) is 33.7 cm³/mol. The van der Waals surface area contributed by atoms with E-state index in [1.165, 1.54) is 5.57 Å². The first-order valence-electron chi connectivity index (χ1n) is 2.61. The third-order valence-corrected chi connectivity index (χ3v) is 0.887. The summed E-state index contributed by atoms with van der Waals surface area (Å²) in [5, 5.41) is 0. The molecule has 0 aliphatic carbocycles. The zero-order valence-corrected chi connectivity index (χ0v) is 4.91. The second kappa shape index (κ2) is 3.91. The van der Waals surface area contributed by atoms with Crippen LogP contribution in [0.3, 0.4) is 0 Å². The molecule has 0 nitrogen and oxygen atoms in total. The van der Waals surface area contributed by atoms with E-state index >= 15 is 0 Å². The molecular weight excluding hydrogens is 84.1 g/mol. The number of hydrogen-bond donors (Lipinski definition) is 0. The Morgan fingerprint density at radius 1 is 1.71 bits per heavy atom. The Morgan fingerprint density at radius 2 is 2.29 bits per heavy atom. The summed E-state index contributed by atoms with van der Waals surface area (Å²) in [7, 11) is 0. The smallest absolute Gasteiger partial charge is 0.0283 e. The molecule has 0 aromatic rings. The van der Waals surface area contributed by atoms with Crippen LogP contribution in [0.5, 0.6) is 0 Å². The van der Waals surface area contributed by atoms with Crippen molar-refractivity contribution in [3.05, 3.63) is 25.5 Å². The van der Waals surface area contributed by atoms with E-state index in [4.69, 9.17) is 0 Å². The summed E-state index contributed by atoms with van der Waals surface area (Å²) in [5.74, 6) is 0. The fourth-order valence-electron chi connectivity index (χ4n) is 0.348. The van der Waals surface area contributed by atoms with Gasteiger partial charge in [-0.25, -0.2) is 0 Å². The topological polar surface area (TPSA) is 0 Å². The summed E-state index contributed by atoms with van der Waals surface area (Å²) >= 11 is 0. The van der Waals surface area contributed by atoms with Crippen molar-refractivity contribution in [2.45, 2.75) is 19.8 Å². The fourth-order valence-corrected chi connectivity index (χ4v) is 0.348. The summed E-state index contributed by atoms with van der Waals surface area (Å²) in [6.07, 6.45) is 3.96. The molecule has 2 radical (unpaired) electrons. The zero-order chi connectivity index (χ0) is 5.70. The van der Waals surface area contributed by atoms with Crippen LogP contribution in [0.1, 0.15) is 19.8 Å². The molecule has 0 heterocycles. The minimum absolute atomic E-state index is 0.868. The molecule has 0 bridgehead atoms. The quantitative estimate of drug-likeness (QED) is 0.495. The van der Waals surface area contributed by atoms with Crippen LogP contribution in [0, 0.1) is 13.8 Å². The van der Waals surface area contributed by atoms with E-state index in [0.29, 0.717) is 0 Å².